The Bertz CT molecular complexity index is 2150. The van der Waals surface area contributed by atoms with Gasteiger partial charge in [-0.1, -0.05) is 298 Å². The molecule has 0 spiro atoms. The van der Waals surface area contributed by atoms with E-state index in [4.69, 9.17) is 28.4 Å². The van der Waals surface area contributed by atoms with Crippen molar-refractivity contribution in [3.8, 4) is 0 Å². The smallest absolute Gasteiger partial charge is 0.220 e. The normalized spacial score (nSPS) is 26.8. The molecule has 101 heavy (non-hydrogen) atoms. The van der Waals surface area contributed by atoms with Gasteiger partial charge in [0.05, 0.1) is 38.6 Å². The summed E-state index contributed by atoms with van der Waals surface area (Å²) in [4.78, 5) is 13.5. The predicted octanol–water partition coefficient (Wildman–Crippen LogP) is 13.4. The van der Waals surface area contributed by atoms with Crippen molar-refractivity contribution in [3.63, 3.8) is 0 Å². The van der Waals surface area contributed by atoms with Crippen molar-refractivity contribution in [3.05, 3.63) is 85.1 Å². The molecule has 1 amide bonds. The standard InChI is InChI=1S/C82H145NO18/c1-3-5-7-9-11-13-15-17-19-21-23-25-27-29-31-32-34-35-37-39-41-43-45-47-49-51-53-55-57-59-66(87)65(83-70(88)60-58-56-54-52-50-48-46-44-42-40-38-36-33-30-28-26-24-22-20-18-16-14-12-10-8-6-4-2)64-96-80-76(94)73(91)78(68(62-85)98-80)101-82-77(95)74(92)79(69(63-86)99-82)100-81-75(93)72(90)71(89)67(61-84)97-81/h6,8,12,14,18,20,24,26,30,33,49,51,57,59,65-69,71-82,84-87,89-95H,3-5,7,9-11,13,15-17,19,21-23,25,27-29,31-32,34-48,50,52-56,58,60-64H2,1-2H3,(H,83,88)/b8-6-,14-12-,20-18-,26-24-,33-30-,51-49+,59-57+. The lowest BCUT2D eigenvalue weighted by Gasteiger charge is -2.48. The summed E-state index contributed by atoms with van der Waals surface area (Å²) in [6, 6.07) is -0.999. The van der Waals surface area contributed by atoms with Crippen LogP contribution in [0.4, 0.5) is 0 Å². The topological polar surface area (TPSA) is 307 Å². The Morgan fingerprint density at radius 2 is 0.693 bits per heavy atom. The number of ether oxygens (including phenoxy) is 6. The summed E-state index contributed by atoms with van der Waals surface area (Å²) in [5.74, 6) is -0.289. The Labute approximate surface area is 610 Å². The first-order valence-electron chi connectivity index (χ1n) is 40.3. The second kappa shape index (κ2) is 62.1. The number of hydrogen-bond acceptors (Lipinski definition) is 18. The molecule has 3 aliphatic heterocycles. The Kier molecular flexibility index (Phi) is 56.6. The highest BCUT2D eigenvalue weighted by Crippen LogP contribution is 2.33. The third kappa shape index (κ3) is 42.2. The summed E-state index contributed by atoms with van der Waals surface area (Å²) in [5.41, 5.74) is 0. The molecule has 0 aromatic heterocycles. The molecule has 19 nitrogen and oxygen atoms in total. The molecule has 0 bridgehead atoms. The molecule has 0 saturated carbocycles. The van der Waals surface area contributed by atoms with Gasteiger partial charge in [0.2, 0.25) is 5.91 Å². The fraction of sp³-hybridized carbons (Fsp3) is 0.817. The van der Waals surface area contributed by atoms with E-state index in [-0.39, 0.29) is 18.9 Å². The van der Waals surface area contributed by atoms with Gasteiger partial charge in [-0.2, -0.15) is 0 Å². The molecule has 3 saturated heterocycles. The minimum absolute atomic E-state index is 0.228. The lowest BCUT2D eigenvalue weighted by atomic mass is 9.96. The summed E-state index contributed by atoms with van der Waals surface area (Å²) in [5, 5.41) is 121. The minimum Gasteiger partial charge on any atom is -0.394 e. The van der Waals surface area contributed by atoms with Gasteiger partial charge in [0, 0.05) is 6.42 Å². The summed E-state index contributed by atoms with van der Waals surface area (Å²) in [6.07, 6.45) is 55.7. The van der Waals surface area contributed by atoms with Gasteiger partial charge in [0.1, 0.15) is 73.2 Å². The lowest BCUT2D eigenvalue weighted by Crippen LogP contribution is -2.66. The molecule has 0 aromatic carbocycles. The zero-order chi connectivity index (χ0) is 73.2. The molecule has 0 radical (unpaired) electrons. The molecule has 17 unspecified atom stereocenters. The van der Waals surface area contributed by atoms with Crippen molar-refractivity contribution in [1.82, 2.24) is 5.32 Å². The number of rotatable bonds is 63. The van der Waals surface area contributed by atoms with Gasteiger partial charge < -0.3 is 89.9 Å². The van der Waals surface area contributed by atoms with Crippen LogP contribution in [0.5, 0.6) is 0 Å². The van der Waals surface area contributed by atoms with Crippen LogP contribution in [0.1, 0.15) is 296 Å². The summed E-state index contributed by atoms with van der Waals surface area (Å²) in [7, 11) is 0. The van der Waals surface area contributed by atoms with Crippen LogP contribution < -0.4 is 5.32 Å². The van der Waals surface area contributed by atoms with Gasteiger partial charge >= 0.3 is 0 Å². The van der Waals surface area contributed by atoms with Crippen LogP contribution in [0, 0.1) is 0 Å². The van der Waals surface area contributed by atoms with Crippen molar-refractivity contribution in [2.24, 2.45) is 0 Å². The van der Waals surface area contributed by atoms with Crippen LogP contribution in [0.15, 0.2) is 85.1 Å². The quantitative estimate of drug-likeness (QED) is 0.0199. The van der Waals surface area contributed by atoms with Crippen LogP contribution in [-0.4, -0.2) is 193 Å². The molecule has 3 aliphatic rings. The van der Waals surface area contributed by atoms with E-state index in [0.717, 1.165) is 83.5 Å². The molecular formula is C82H145NO18. The fourth-order valence-electron chi connectivity index (χ4n) is 13.2. The fourth-order valence-corrected chi connectivity index (χ4v) is 13.2. The van der Waals surface area contributed by atoms with E-state index in [0.29, 0.717) is 12.8 Å². The van der Waals surface area contributed by atoms with Crippen molar-refractivity contribution >= 4 is 5.91 Å². The van der Waals surface area contributed by atoms with Crippen LogP contribution >= 0.6 is 0 Å². The molecule has 19 heteroatoms. The van der Waals surface area contributed by atoms with Crippen LogP contribution in [0.2, 0.25) is 0 Å². The molecule has 3 heterocycles. The number of aliphatic hydroxyl groups excluding tert-OH is 11. The minimum atomic E-state index is -1.99. The number of amides is 1. The maximum Gasteiger partial charge on any atom is 0.220 e. The average Bonchev–Trinajstić information content (AvgIpc) is 0.782. The number of aliphatic hydroxyl groups is 11. The molecule has 0 aliphatic carbocycles. The third-order valence-corrected chi connectivity index (χ3v) is 19.7. The van der Waals surface area contributed by atoms with Gasteiger partial charge in [-0.25, -0.2) is 0 Å². The SMILES string of the molecule is CC/C=C\C/C=C\C/C=C\C/C=C\C/C=C\CCCCCCCCCCCCCC(=O)NC(COC1OC(CO)C(OC2OC(CO)C(OC3OC(CO)C(O)C(O)C3O)C(O)C2O)C(O)C1O)C(O)/C=C/CC/C=C/CCCCCCCCCCCCCCCCCCCCCCCCC. The van der Waals surface area contributed by atoms with E-state index in [1.807, 2.05) is 6.08 Å². The largest absolute Gasteiger partial charge is 0.394 e. The number of allylic oxidation sites excluding steroid dienone is 13. The van der Waals surface area contributed by atoms with Crippen LogP contribution in [0.3, 0.4) is 0 Å². The van der Waals surface area contributed by atoms with Gasteiger partial charge in [-0.05, 0) is 77.0 Å². The van der Waals surface area contributed by atoms with Crippen molar-refractivity contribution in [1.29, 1.82) is 0 Å². The number of unbranched alkanes of at least 4 members (excludes halogenated alkanes) is 35. The highest BCUT2D eigenvalue weighted by molar-refractivity contribution is 5.76. The first-order chi connectivity index (χ1) is 49.3. The summed E-state index contributed by atoms with van der Waals surface area (Å²) >= 11 is 0. The molecule has 12 N–H and O–H groups in total. The van der Waals surface area contributed by atoms with Crippen molar-refractivity contribution in [2.45, 2.75) is 401 Å². The van der Waals surface area contributed by atoms with E-state index in [2.05, 4.69) is 92.1 Å². The monoisotopic (exact) mass is 1430 g/mol. The number of carbonyl (C=O) groups is 1. The van der Waals surface area contributed by atoms with Crippen LogP contribution in [-0.2, 0) is 33.2 Å². The number of nitrogens with one attached hydrogen (secondary N) is 1. The van der Waals surface area contributed by atoms with E-state index in [1.54, 1.807) is 6.08 Å². The second-order valence-corrected chi connectivity index (χ2v) is 28.5. The maximum absolute atomic E-state index is 13.5. The zero-order valence-corrected chi connectivity index (χ0v) is 62.6. The molecule has 17 atom stereocenters. The second-order valence-electron chi connectivity index (χ2n) is 28.5. The maximum atomic E-state index is 13.5. The number of hydrogen-bond donors (Lipinski definition) is 12. The predicted molar refractivity (Wildman–Crippen MR) is 401 cm³/mol. The summed E-state index contributed by atoms with van der Waals surface area (Å²) < 4.78 is 34.4. The Hall–Kier alpha value is -3.03. The molecule has 3 rings (SSSR count). The van der Waals surface area contributed by atoms with Crippen LogP contribution in [0.25, 0.3) is 0 Å². The van der Waals surface area contributed by atoms with Gasteiger partial charge in [0.25, 0.3) is 0 Å². The zero-order valence-electron chi connectivity index (χ0n) is 62.6. The van der Waals surface area contributed by atoms with Gasteiger partial charge in [-0.3, -0.25) is 4.79 Å². The summed E-state index contributed by atoms with van der Waals surface area (Å²) in [6.45, 7) is 1.63. The van der Waals surface area contributed by atoms with E-state index in [9.17, 15) is 61.0 Å². The molecule has 0 aromatic rings. The van der Waals surface area contributed by atoms with Gasteiger partial charge in [0.15, 0.2) is 18.9 Å². The number of carbonyl (C=O) groups excluding carboxylic acids is 1. The highest BCUT2D eigenvalue weighted by atomic mass is 16.8. The average molecular weight is 1430 g/mol. The first kappa shape index (κ1) is 92.2. The Balaban J connectivity index is 1.39. The van der Waals surface area contributed by atoms with E-state index >= 15 is 0 Å². The van der Waals surface area contributed by atoms with E-state index < -0.39 is 124 Å². The van der Waals surface area contributed by atoms with Crippen molar-refractivity contribution < 1.29 is 89.4 Å². The highest BCUT2D eigenvalue weighted by Gasteiger charge is 2.54. The molecule has 3 fully saturated rings. The van der Waals surface area contributed by atoms with Gasteiger partial charge in [-0.15, -0.1) is 0 Å². The Morgan fingerprint density at radius 3 is 1.11 bits per heavy atom. The lowest BCUT2D eigenvalue weighted by molar-refractivity contribution is -0.379. The van der Waals surface area contributed by atoms with E-state index in [1.165, 1.54) is 180 Å². The van der Waals surface area contributed by atoms with Crippen molar-refractivity contribution in [2.75, 3.05) is 26.4 Å². The third-order valence-electron chi connectivity index (χ3n) is 19.7. The molecular weight excluding hydrogens is 1290 g/mol. The molecule has 586 valence electrons. The Morgan fingerprint density at radius 1 is 0.366 bits per heavy atom. The first-order valence-corrected chi connectivity index (χ1v) is 40.3.